The zero-order chi connectivity index (χ0) is 23.2. The minimum absolute atomic E-state index is 0.0621. The molecule has 0 saturated heterocycles. The van der Waals surface area contributed by atoms with Crippen LogP contribution in [0.2, 0.25) is 0 Å². The monoisotopic (exact) mass is 456 g/mol. The molecule has 172 valence electrons. The highest BCUT2D eigenvalue weighted by molar-refractivity contribution is 5.93. The number of pyridine rings is 1. The molecule has 33 heavy (non-hydrogen) atoms. The van der Waals surface area contributed by atoms with Crippen LogP contribution in [-0.2, 0) is 4.79 Å². The highest BCUT2D eigenvalue weighted by Crippen LogP contribution is 2.43. The third kappa shape index (κ3) is 4.34. The number of nitrogens with zero attached hydrogens (tertiary/aromatic N) is 1. The van der Waals surface area contributed by atoms with Crippen LogP contribution < -0.4 is 14.8 Å². The molecule has 2 heterocycles. The minimum Gasteiger partial charge on any atom is -0.395 e. The van der Waals surface area contributed by atoms with Crippen LogP contribution in [0.3, 0.4) is 0 Å². The van der Waals surface area contributed by atoms with Crippen molar-refractivity contribution in [2.24, 2.45) is 11.8 Å². The van der Waals surface area contributed by atoms with E-state index in [0.29, 0.717) is 11.6 Å². The van der Waals surface area contributed by atoms with Crippen LogP contribution in [0.1, 0.15) is 44.1 Å². The largest absolute Gasteiger partial charge is 0.586 e. The highest BCUT2D eigenvalue weighted by atomic mass is 19.3. The second-order valence-electron chi connectivity index (χ2n) is 8.78. The van der Waals surface area contributed by atoms with E-state index in [1.807, 2.05) is 13.0 Å². The van der Waals surface area contributed by atoms with Crippen molar-refractivity contribution < 1.29 is 27.4 Å². The number of hydrogen-bond acceptors (Lipinski definition) is 4. The lowest BCUT2D eigenvalue weighted by Gasteiger charge is -2.32. The van der Waals surface area contributed by atoms with Crippen molar-refractivity contribution in [1.29, 1.82) is 0 Å². The molecule has 5 rings (SSSR count). The number of benzene rings is 2. The molecule has 1 unspecified atom stereocenters. The van der Waals surface area contributed by atoms with E-state index in [9.17, 15) is 18.0 Å². The molecule has 0 bridgehead atoms. The normalized spacial score (nSPS) is 22.2. The van der Waals surface area contributed by atoms with Crippen molar-refractivity contribution >= 4 is 22.5 Å². The second-order valence-corrected chi connectivity index (χ2v) is 8.78. The van der Waals surface area contributed by atoms with E-state index >= 15 is 0 Å². The summed E-state index contributed by atoms with van der Waals surface area (Å²) >= 11 is 0. The molecule has 5 nitrogen and oxygen atoms in total. The Morgan fingerprint density at radius 1 is 1.06 bits per heavy atom. The summed E-state index contributed by atoms with van der Waals surface area (Å²) in [6, 6.07) is 10.8. The van der Waals surface area contributed by atoms with E-state index in [1.165, 1.54) is 24.3 Å². The molecule has 1 aliphatic carbocycles. The van der Waals surface area contributed by atoms with Gasteiger partial charge in [-0.15, -0.1) is 8.78 Å². The van der Waals surface area contributed by atoms with Crippen LogP contribution in [0.5, 0.6) is 11.5 Å². The average Bonchev–Trinajstić information content (AvgIpc) is 3.11. The summed E-state index contributed by atoms with van der Waals surface area (Å²) < 4.78 is 49.1. The lowest BCUT2D eigenvalue weighted by Crippen LogP contribution is -2.29. The zero-order valence-corrected chi connectivity index (χ0v) is 18.0. The maximum atomic E-state index is 13.8. The summed E-state index contributed by atoms with van der Waals surface area (Å²) in [5.74, 6) is -0.364. The summed E-state index contributed by atoms with van der Waals surface area (Å²) in [5.41, 5.74) is 2.27. The van der Waals surface area contributed by atoms with Gasteiger partial charge in [0.15, 0.2) is 11.5 Å². The zero-order valence-electron chi connectivity index (χ0n) is 18.0. The first kappa shape index (κ1) is 21.6. The number of halogens is 3. The summed E-state index contributed by atoms with van der Waals surface area (Å²) in [6.07, 6.45) is 1.60. The van der Waals surface area contributed by atoms with Gasteiger partial charge in [-0.3, -0.25) is 9.78 Å². The maximum Gasteiger partial charge on any atom is 0.586 e. The van der Waals surface area contributed by atoms with Crippen molar-refractivity contribution in [3.8, 4) is 11.5 Å². The lowest BCUT2D eigenvalue weighted by atomic mass is 9.73. The lowest BCUT2D eigenvalue weighted by molar-refractivity contribution is -0.286. The Kier molecular flexibility index (Phi) is 5.38. The predicted octanol–water partition coefficient (Wildman–Crippen LogP) is 6.24. The molecule has 0 radical (unpaired) electrons. The molecule has 1 N–H and O–H groups in total. The quantitative estimate of drug-likeness (QED) is 0.505. The molecular formula is C25H23F3N2O3. The fourth-order valence-corrected chi connectivity index (χ4v) is 4.92. The van der Waals surface area contributed by atoms with E-state index in [-0.39, 0.29) is 35.1 Å². The minimum atomic E-state index is -3.69. The van der Waals surface area contributed by atoms with Gasteiger partial charge in [-0.05, 0) is 79.5 Å². The Morgan fingerprint density at radius 3 is 2.61 bits per heavy atom. The Bertz CT molecular complexity index is 1210. The van der Waals surface area contributed by atoms with Gasteiger partial charge in [0.05, 0.1) is 5.52 Å². The van der Waals surface area contributed by atoms with E-state index in [1.54, 1.807) is 18.3 Å². The average molecular weight is 456 g/mol. The van der Waals surface area contributed by atoms with Gasteiger partial charge in [0.2, 0.25) is 5.91 Å². The number of nitrogens with one attached hydrogen (secondary N) is 1. The number of alkyl halides is 2. The van der Waals surface area contributed by atoms with E-state index in [2.05, 4.69) is 19.8 Å². The van der Waals surface area contributed by atoms with Gasteiger partial charge in [-0.1, -0.05) is 6.92 Å². The van der Waals surface area contributed by atoms with E-state index < -0.39 is 6.29 Å². The highest BCUT2D eigenvalue weighted by Gasteiger charge is 2.43. The molecule has 1 fully saturated rings. The Balaban J connectivity index is 1.22. The molecule has 0 spiro atoms. The summed E-state index contributed by atoms with van der Waals surface area (Å²) in [7, 11) is 0. The number of carbonyl (C=O) groups excluding carboxylic acids is 1. The number of rotatable bonds is 4. The number of fused-ring (bicyclic) bond motifs is 2. The van der Waals surface area contributed by atoms with Gasteiger partial charge < -0.3 is 14.8 Å². The number of aromatic nitrogens is 1. The fraction of sp³-hybridized carbons (Fsp3) is 0.360. The molecular weight excluding hydrogens is 433 g/mol. The van der Waals surface area contributed by atoms with Gasteiger partial charge >= 0.3 is 6.29 Å². The van der Waals surface area contributed by atoms with Crippen LogP contribution >= 0.6 is 0 Å². The fourth-order valence-electron chi connectivity index (χ4n) is 4.92. The van der Waals surface area contributed by atoms with E-state index in [0.717, 1.165) is 42.1 Å². The van der Waals surface area contributed by atoms with Crippen molar-refractivity contribution in [3.05, 3.63) is 60.0 Å². The van der Waals surface area contributed by atoms with Crippen molar-refractivity contribution in [2.45, 2.75) is 44.8 Å². The van der Waals surface area contributed by atoms with Crippen LogP contribution in [0, 0.1) is 17.7 Å². The van der Waals surface area contributed by atoms with Crippen LogP contribution in [0.4, 0.5) is 18.9 Å². The SMILES string of the molecule is CC(C(=O)Nc1ccc2c(c1)OC(F)(F)O2)C1CCC(c2ccnc3ccc(F)cc23)CC1. The third-order valence-electron chi connectivity index (χ3n) is 6.74. The number of hydrogen-bond donors (Lipinski definition) is 1. The maximum absolute atomic E-state index is 13.8. The van der Waals surface area contributed by atoms with Crippen molar-refractivity contribution in [2.75, 3.05) is 5.32 Å². The molecule has 2 aromatic carbocycles. The molecule has 2 aliphatic rings. The molecule has 8 heteroatoms. The second kappa shape index (κ2) is 8.24. The number of ether oxygens (including phenoxy) is 2. The van der Waals surface area contributed by atoms with Gasteiger partial charge in [0.25, 0.3) is 0 Å². The van der Waals surface area contributed by atoms with Crippen LogP contribution in [0.15, 0.2) is 48.7 Å². The van der Waals surface area contributed by atoms with Gasteiger partial charge in [0.1, 0.15) is 5.82 Å². The Morgan fingerprint density at radius 2 is 1.82 bits per heavy atom. The molecule has 1 aromatic heterocycles. The predicted molar refractivity (Wildman–Crippen MR) is 117 cm³/mol. The smallest absolute Gasteiger partial charge is 0.395 e. The van der Waals surface area contributed by atoms with Crippen molar-refractivity contribution in [3.63, 3.8) is 0 Å². The Labute approximate surface area is 188 Å². The van der Waals surface area contributed by atoms with Gasteiger partial charge in [0, 0.05) is 29.3 Å². The first-order chi connectivity index (χ1) is 15.8. The van der Waals surface area contributed by atoms with Crippen LogP contribution in [-0.4, -0.2) is 17.2 Å². The van der Waals surface area contributed by atoms with Gasteiger partial charge in [-0.2, -0.15) is 0 Å². The number of amides is 1. The summed E-state index contributed by atoms with van der Waals surface area (Å²) in [4.78, 5) is 17.2. The number of carbonyl (C=O) groups is 1. The Hall–Kier alpha value is -3.29. The van der Waals surface area contributed by atoms with Crippen molar-refractivity contribution in [1.82, 2.24) is 4.98 Å². The first-order valence-electron chi connectivity index (χ1n) is 11.0. The standard InChI is InChI=1S/C25H23F3N2O3/c1-14(24(31)30-18-7-9-22-23(13-18)33-25(27,28)32-22)15-2-4-16(5-3-15)19-10-11-29-21-8-6-17(26)12-20(19)21/h6-16H,2-5H2,1H3,(H,30,31). The summed E-state index contributed by atoms with van der Waals surface area (Å²) in [6.45, 7) is 1.89. The topological polar surface area (TPSA) is 60.5 Å². The molecule has 1 atom stereocenters. The van der Waals surface area contributed by atoms with Gasteiger partial charge in [-0.25, -0.2) is 4.39 Å². The van der Waals surface area contributed by atoms with Crippen LogP contribution in [0.25, 0.3) is 10.9 Å². The number of anilines is 1. The summed E-state index contributed by atoms with van der Waals surface area (Å²) in [5, 5.41) is 3.65. The first-order valence-corrected chi connectivity index (χ1v) is 11.0. The molecule has 1 amide bonds. The van der Waals surface area contributed by atoms with E-state index in [4.69, 9.17) is 0 Å². The third-order valence-corrected chi connectivity index (χ3v) is 6.74. The molecule has 1 aliphatic heterocycles. The molecule has 3 aromatic rings. The molecule has 1 saturated carbocycles.